The Balaban J connectivity index is 1.39. The minimum Gasteiger partial charge on any atom is -0.457 e. The van der Waals surface area contributed by atoms with Crippen molar-refractivity contribution in [2.24, 2.45) is 0 Å². The van der Waals surface area contributed by atoms with E-state index < -0.39 is 22.4 Å². The Morgan fingerprint density at radius 1 is 0.921 bits per heavy atom. The maximum absolute atomic E-state index is 14.7. The quantitative estimate of drug-likeness (QED) is 0.191. The van der Waals surface area contributed by atoms with Crippen molar-refractivity contribution in [3.05, 3.63) is 119 Å². The zero-order chi connectivity index (χ0) is 26.6. The molecule has 190 valence electrons. The van der Waals surface area contributed by atoms with Gasteiger partial charge in [0.25, 0.3) is 5.56 Å². The third-order valence-corrected chi connectivity index (χ3v) is 6.70. The van der Waals surface area contributed by atoms with Crippen molar-refractivity contribution >= 4 is 34.3 Å². The lowest BCUT2D eigenvalue weighted by molar-refractivity contribution is -0.115. The van der Waals surface area contributed by atoms with Crippen molar-refractivity contribution in [3.63, 3.8) is 0 Å². The van der Waals surface area contributed by atoms with Crippen LogP contribution in [0, 0.1) is 11.6 Å². The molecule has 1 N–H and O–H groups in total. The van der Waals surface area contributed by atoms with Gasteiger partial charge in [0.05, 0.1) is 21.8 Å². The minimum atomic E-state index is -0.916. The summed E-state index contributed by atoms with van der Waals surface area (Å²) in [5.74, 6) is -0.723. The summed E-state index contributed by atoms with van der Waals surface area (Å²) in [6.45, 7) is 1.65. The van der Waals surface area contributed by atoms with Crippen LogP contribution in [0.15, 0.2) is 107 Å². The van der Waals surface area contributed by atoms with E-state index in [1.807, 2.05) is 30.3 Å². The molecule has 0 bridgehead atoms. The van der Waals surface area contributed by atoms with Crippen LogP contribution in [0.2, 0.25) is 0 Å². The third kappa shape index (κ3) is 5.42. The van der Waals surface area contributed by atoms with Crippen LogP contribution in [0.1, 0.15) is 6.92 Å². The van der Waals surface area contributed by atoms with Crippen LogP contribution >= 0.6 is 11.8 Å². The van der Waals surface area contributed by atoms with Gasteiger partial charge < -0.3 is 10.1 Å². The molecule has 0 fully saturated rings. The van der Waals surface area contributed by atoms with Crippen molar-refractivity contribution in [1.29, 1.82) is 0 Å². The van der Waals surface area contributed by atoms with Crippen molar-refractivity contribution in [3.8, 4) is 17.2 Å². The van der Waals surface area contributed by atoms with Crippen molar-refractivity contribution < 1.29 is 18.3 Å². The highest BCUT2D eigenvalue weighted by molar-refractivity contribution is 8.00. The number of hydrogen-bond acceptors (Lipinski definition) is 5. The molecule has 0 aliphatic carbocycles. The standard InChI is InChI=1S/C29H21F2N3O3S/c1-18(27(35)32-20-12-14-22(15-13-20)37-21-7-3-2-4-8-21)38-29-33-25-10-6-5-9-23(25)28(36)34(29)26-16-11-19(30)17-24(26)31/h2-18H,1H3,(H,32,35)/t18-/m0/s1. The molecule has 1 heterocycles. The van der Waals surface area contributed by atoms with Gasteiger partial charge >= 0.3 is 0 Å². The highest BCUT2D eigenvalue weighted by atomic mass is 32.2. The van der Waals surface area contributed by atoms with Crippen molar-refractivity contribution in [2.75, 3.05) is 5.32 Å². The lowest BCUT2D eigenvalue weighted by Crippen LogP contribution is -2.26. The first kappa shape index (κ1) is 25.2. The average molecular weight is 530 g/mol. The fourth-order valence-electron chi connectivity index (χ4n) is 3.75. The first-order valence-corrected chi connectivity index (χ1v) is 12.5. The maximum atomic E-state index is 14.7. The predicted molar refractivity (Wildman–Crippen MR) is 144 cm³/mol. The Morgan fingerprint density at radius 2 is 1.61 bits per heavy atom. The van der Waals surface area contributed by atoms with Gasteiger partial charge in [0, 0.05) is 11.8 Å². The number of anilines is 1. The molecular formula is C29H21F2N3O3S. The van der Waals surface area contributed by atoms with E-state index in [-0.39, 0.29) is 22.1 Å². The summed E-state index contributed by atoms with van der Waals surface area (Å²) in [5.41, 5.74) is 0.278. The number of hydrogen-bond donors (Lipinski definition) is 1. The number of benzene rings is 4. The highest BCUT2D eigenvalue weighted by Gasteiger charge is 2.22. The summed E-state index contributed by atoms with van der Waals surface area (Å²) in [5, 5.41) is 2.50. The molecule has 0 radical (unpaired) electrons. The molecule has 1 atom stereocenters. The van der Waals surface area contributed by atoms with E-state index in [1.54, 1.807) is 55.5 Å². The van der Waals surface area contributed by atoms with E-state index in [0.717, 1.165) is 22.4 Å². The summed E-state index contributed by atoms with van der Waals surface area (Å²) in [6.07, 6.45) is 0. The molecule has 0 saturated heterocycles. The van der Waals surface area contributed by atoms with E-state index in [9.17, 15) is 18.4 Å². The molecule has 0 aliphatic rings. The number of nitrogens with one attached hydrogen (secondary N) is 1. The van der Waals surface area contributed by atoms with Gasteiger partial charge in [-0.2, -0.15) is 0 Å². The Labute approximate surface area is 220 Å². The zero-order valence-electron chi connectivity index (χ0n) is 20.1. The van der Waals surface area contributed by atoms with Gasteiger partial charge in [0.15, 0.2) is 5.16 Å². The summed E-state index contributed by atoms with van der Waals surface area (Å²) in [6, 6.07) is 25.8. The Kier molecular flexibility index (Phi) is 7.19. The van der Waals surface area contributed by atoms with Crippen molar-refractivity contribution in [2.45, 2.75) is 17.3 Å². The van der Waals surface area contributed by atoms with Gasteiger partial charge in [0.2, 0.25) is 5.91 Å². The first-order chi connectivity index (χ1) is 18.4. The zero-order valence-corrected chi connectivity index (χ0v) is 20.9. The number of ether oxygens (including phenoxy) is 1. The summed E-state index contributed by atoms with van der Waals surface area (Å²) in [7, 11) is 0. The van der Waals surface area contributed by atoms with Crippen LogP contribution < -0.4 is 15.6 Å². The second kappa shape index (κ2) is 10.9. The number of amides is 1. The number of thioether (sulfide) groups is 1. The number of aromatic nitrogens is 2. The molecule has 9 heteroatoms. The van der Waals surface area contributed by atoms with Crippen LogP contribution in [0.4, 0.5) is 14.5 Å². The Bertz CT molecular complexity index is 1680. The number of para-hydroxylation sites is 2. The molecule has 1 aromatic heterocycles. The second-order valence-electron chi connectivity index (χ2n) is 8.34. The molecule has 1 amide bonds. The predicted octanol–water partition coefficient (Wildman–Crippen LogP) is 6.58. The first-order valence-electron chi connectivity index (χ1n) is 11.7. The fourth-order valence-corrected chi connectivity index (χ4v) is 4.67. The fraction of sp³-hybridized carbons (Fsp3) is 0.0690. The van der Waals surface area contributed by atoms with Gasteiger partial charge in [-0.05, 0) is 67.6 Å². The number of rotatable bonds is 7. The summed E-state index contributed by atoms with van der Waals surface area (Å²) < 4.78 is 35.1. The van der Waals surface area contributed by atoms with Crippen LogP contribution in [0.25, 0.3) is 16.6 Å². The van der Waals surface area contributed by atoms with Crippen LogP contribution in [-0.2, 0) is 4.79 Å². The normalized spacial score (nSPS) is 11.8. The number of nitrogens with zero attached hydrogens (tertiary/aromatic N) is 2. The third-order valence-electron chi connectivity index (χ3n) is 5.65. The number of fused-ring (bicyclic) bond motifs is 1. The SMILES string of the molecule is C[C@H](Sc1nc2ccccc2c(=O)n1-c1ccc(F)cc1F)C(=O)Nc1ccc(Oc2ccccc2)cc1. The van der Waals surface area contributed by atoms with Gasteiger partial charge in [-0.25, -0.2) is 13.8 Å². The summed E-state index contributed by atoms with van der Waals surface area (Å²) >= 11 is 0.994. The minimum absolute atomic E-state index is 0.105. The molecule has 6 nitrogen and oxygen atoms in total. The van der Waals surface area contributed by atoms with Gasteiger partial charge in [-0.3, -0.25) is 14.2 Å². The van der Waals surface area contributed by atoms with E-state index in [0.29, 0.717) is 28.8 Å². The van der Waals surface area contributed by atoms with E-state index in [2.05, 4.69) is 10.3 Å². The maximum Gasteiger partial charge on any atom is 0.266 e. The molecule has 0 spiro atoms. The molecule has 5 rings (SSSR count). The summed E-state index contributed by atoms with van der Waals surface area (Å²) in [4.78, 5) is 30.9. The van der Waals surface area contributed by atoms with Gasteiger partial charge in [-0.1, -0.05) is 42.1 Å². The number of carbonyl (C=O) groups excluding carboxylic acids is 1. The monoisotopic (exact) mass is 529 g/mol. The van der Waals surface area contributed by atoms with E-state index in [4.69, 9.17) is 4.74 Å². The second-order valence-corrected chi connectivity index (χ2v) is 9.64. The molecule has 4 aromatic carbocycles. The van der Waals surface area contributed by atoms with Gasteiger partial charge in [0.1, 0.15) is 23.1 Å². The smallest absolute Gasteiger partial charge is 0.266 e. The largest absolute Gasteiger partial charge is 0.457 e. The lowest BCUT2D eigenvalue weighted by atomic mass is 10.2. The topological polar surface area (TPSA) is 73.2 Å². The molecule has 5 aromatic rings. The van der Waals surface area contributed by atoms with Gasteiger partial charge in [-0.15, -0.1) is 0 Å². The van der Waals surface area contributed by atoms with E-state index >= 15 is 0 Å². The molecule has 0 saturated carbocycles. The number of carbonyl (C=O) groups is 1. The Morgan fingerprint density at radius 3 is 2.34 bits per heavy atom. The highest BCUT2D eigenvalue weighted by Crippen LogP contribution is 2.28. The average Bonchev–Trinajstić information content (AvgIpc) is 2.91. The molecular weight excluding hydrogens is 508 g/mol. The molecule has 0 aliphatic heterocycles. The van der Waals surface area contributed by atoms with E-state index in [1.165, 1.54) is 6.07 Å². The van der Waals surface area contributed by atoms with Crippen LogP contribution in [0.5, 0.6) is 11.5 Å². The molecule has 38 heavy (non-hydrogen) atoms. The molecule has 0 unspecified atom stereocenters. The van der Waals surface area contributed by atoms with Crippen LogP contribution in [-0.4, -0.2) is 20.7 Å². The number of halogens is 2. The van der Waals surface area contributed by atoms with Crippen LogP contribution in [0.3, 0.4) is 0 Å². The van der Waals surface area contributed by atoms with Crippen molar-refractivity contribution in [1.82, 2.24) is 9.55 Å². The lowest BCUT2D eigenvalue weighted by Gasteiger charge is -2.17. The Hall–Kier alpha value is -4.50.